The number of thioether (sulfide) groups is 1. The van der Waals surface area contributed by atoms with Gasteiger partial charge in [-0.2, -0.15) is 17.0 Å². The number of aromatic amines is 1. The molecule has 1 aliphatic heterocycles. The molecule has 2 rings (SSSR count). The number of hydrogen-bond donors (Lipinski definition) is 1. The Morgan fingerprint density at radius 2 is 2.50 bits per heavy atom. The zero-order valence-electron chi connectivity index (χ0n) is 7.62. The van der Waals surface area contributed by atoms with Crippen molar-refractivity contribution in [3.05, 3.63) is 33.7 Å². The zero-order chi connectivity index (χ0) is 9.97. The summed E-state index contributed by atoms with van der Waals surface area (Å²) < 4.78 is 0. The SMILES string of the molecule is N#Cc1cc(C2CCSC2)c[nH]c1=O. The van der Waals surface area contributed by atoms with Gasteiger partial charge in [-0.1, -0.05) is 0 Å². The second kappa shape index (κ2) is 3.89. The summed E-state index contributed by atoms with van der Waals surface area (Å²) in [7, 11) is 0. The molecule has 0 amide bonds. The van der Waals surface area contributed by atoms with Crippen LogP contribution < -0.4 is 5.56 Å². The molecular weight excluding hydrogens is 196 g/mol. The van der Waals surface area contributed by atoms with Gasteiger partial charge < -0.3 is 4.98 Å². The van der Waals surface area contributed by atoms with Gasteiger partial charge in [0, 0.05) is 11.9 Å². The van der Waals surface area contributed by atoms with Gasteiger partial charge in [-0.25, -0.2) is 0 Å². The fourth-order valence-electron chi connectivity index (χ4n) is 1.62. The van der Waals surface area contributed by atoms with Crippen LogP contribution in [0.2, 0.25) is 0 Å². The van der Waals surface area contributed by atoms with Crippen LogP contribution in [0.1, 0.15) is 23.5 Å². The molecule has 1 unspecified atom stereocenters. The molecule has 1 aromatic rings. The first-order chi connectivity index (χ1) is 6.81. The predicted octanol–water partition coefficient (Wildman–Crippen LogP) is 1.47. The molecule has 1 aliphatic rings. The van der Waals surface area contributed by atoms with Crippen LogP contribution in [0.5, 0.6) is 0 Å². The van der Waals surface area contributed by atoms with Crippen LogP contribution >= 0.6 is 11.8 Å². The lowest BCUT2D eigenvalue weighted by atomic mass is 9.99. The van der Waals surface area contributed by atoms with Crippen molar-refractivity contribution in [2.45, 2.75) is 12.3 Å². The summed E-state index contributed by atoms with van der Waals surface area (Å²) in [6, 6.07) is 3.63. The molecule has 1 aromatic heterocycles. The second-order valence-electron chi connectivity index (χ2n) is 3.35. The molecule has 72 valence electrons. The van der Waals surface area contributed by atoms with Crippen LogP contribution in [0.3, 0.4) is 0 Å². The average Bonchev–Trinajstić information content (AvgIpc) is 2.71. The van der Waals surface area contributed by atoms with Gasteiger partial charge in [0.15, 0.2) is 0 Å². The Hall–Kier alpha value is -1.21. The van der Waals surface area contributed by atoms with Crippen molar-refractivity contribution < 1.29 is 0 Å². The van der Waals surface area contributed by atoms with Crippen LogP contribution in [0.4, 0.5) is 0 Å². The van der Waals surface area contributed by atoms with E-state index in [1.165, 1.54) is 5.75 Å². The molecule has 14 heavy (non-hydrogen) atoms. The van der Waals surface area contributed by atoms with E-state index in [4.69, 9.17) is 5.26 Å². The third-order valence-corrected chi connectivity index (χ3v) is 3.61. The van der Waals surface area contributed by atoms with Crippen molar-refractivity contribution >= 4 is 11.8 Å². The molecule has 0 aliphatic carbocycles. The molecule has 2 heterocycles. The third kappa shape index (κ3) is 1.68. The summed E-state index contributed by atoms with van der Waals surface area (Å²) >= 11 is 1.92. The van der Waals surface area contributed by atoms with Gasteiger partial charge in [0.1, 0.15) is 11.6 Å². The van der Waals surface area contributed by atoms with Crippen molar-refractivity contribution in [3.63, 3.8) is 0 Å². The number of nitrogens with one attached hydrogen (secondary N) is 1. The molecule has 0 bridgehead atoms. The molecule has 1 N–H and O–H groups in total. The topological polar surface area (TPSA) is 56.6 Å². The van der Waals surface area contributed by atoms with E-state index in [0.717, 1.165) is 17.7 Å². The Kier molecular flexibility index (Phi) is 2.60. The molecule has 1 saturated heterocycles. The van der Waals surface area contributed by atoms with Crippen LogP contribution in [-0.4, -0.2) is 16.5 Å². The lowest BCUT2D eigenvalue weighted by molar-refractivity contribution is 0.775. The summed E-state index contributed by atoms with van der Waals surface area (Å²) in [5.41, 5.74) is 1.02. The van der Waals surface area contributed by atoms with E-state index in [2.05, 4.69) is 4.98 Å². The molecule has 0 saturated carbocycles. The third-order valence-electron chi connectivity index (χ3n) is 2.45. The quantitative estimate of drug-likeness (QED) is 0.757. The van der Waals surface area contributed by atoms with E-state index in [1.807, 2.05) is 17.8 Å². The maximum absolute atomic E-state index is 11.1. The molecule has 1 fully saturated rings. The summed E-state index contributed by atoms with van der Waals surface area (Å²) in [5, 5.41) is 8.71. The lowest BCUT2D eigenvalue weighted by Gasteiger charge is -2.07. The van der Waals surface area contributed by atoms with Crippen LogP contribution in [0.25, 0.3) is 0 Å². The van der Waals surface area contributed by atoms with Gasteiger partial charge in [0.2, 0.25) is 0 Å². The molecule has 0 radical (unpaired) electrons. The number of hydrogen-bond acceptors (Lipinski definition) is 3. The summed E-state index contributed by atoms with van der Waals surface area (Å²) in [6.07, 6.45) is 2.88. The molecular formula is C10H10N2OS. The standard InChI is InChI=1S/C10H10N2OS/c11-4-8-3-9(5-12-10(8)13)7-1-2-14-6-7/h3,5,7H,1-2,6H2,(H,12,13). The number of rotatable bonds is 1. The highest BCUT2D eigenvalue weighted by atomic mass is 32.2. The molecule has 0 spiro atoms. The Morgan fingerprint density at radius 3 is 3.14 bits per heavy atom. The zero-order valence-corrected chi connectivity index (χ0v) is 8.43. The van der Waals surface area contributed by atoms with Crippen molar-refractivity contribution in [2.24, 2.45) is 0 Å². The first-order valence-corrected chi connectivity index (χ1v) is 5.67. The Bertz CT molecular complexity index is 426. The Labute approximate surface area is 86.1 Å². The van der Waals surface area contributed by atoms with Crippen LogP contribution in [0, 0.1) is 11.3 Å². The van der Waals surface area contributed by atoms with Gasteiger partial charge >= 0.3 is 0 Å². The van der Waals surface area contributed by atoms with E-state index in [9.17, 15) is 4.79 Å². The Morgan fingerprint density at radius 1 is 1.64 bits per heavy atom. The maximum atomic E-state index is 11.1. The smallest absolute Gasteiger partial charge is 0.265 e. The van der Waals surface area contributed by atoms with Crippen LogP contribution in [0.15, 0.2) is 17.1 Å². The predicted molar refractivity (Wildman–Crippen MR) is 56.5 cm³/mol. The van der Waals surface area contributed by atoms with E-state index in [1.54, 1.807) is 12.3 Å². The number of aromatic nitrogens is 1. The van der Waals surface area contributed by atoms with Gasteiger partial charge in [0.25, 0.3) is 5.56 Å². The Balaban J connectivity index is 2.36. The fourth-order valence-corrected chi connectivity index (χ4v) is 2.88. The summed E-state index contributed by atoms with van der Waals surface area (Å²) in [6.45, 7) is 0. The number of pyridine rings is 1. The summed E-state index contributed by atoms with van der Waals surface area (Å²) in [4.78, 5) is 13.7. The largest absolute Gasteiger partial charge is 0.328 e. The highest BCUT2D eigenvalue weighted by Crippen LogP contribution is 2.31. The van der Waals surface area contributed by atoms with Crippen molar-refractivity contribution in [1.82, 2.24) is 4.98 Å². The lowest BCUT2D eigenvalue weighted by Crippen LogP contribution is -2.11. The maximum Gasteiger partial charge on any atom is 0.265 e. The normalized spacial score (nSPS) is 20.6. The van der Waals surface area contributed by atoms with Gasteiger partial charge in [0.05, 0.1) is 0 Å². The van der Waals surface area contributed by atoms with Gasteiger partial charge in [-0.15, -0.1) is 0 Å². The minimum Gasteiger partial charge on any atom is -0.328 e. The van der Waals surface area contributed by atoms with E-state index in [-0.39, 0.29) is 11.1 Å². The fraction of sp³-hybridized carbons (Fsp3) is 0.400. The van der Waals surface area contributed by atoms with E-state index in [0.29, 0.717) is 5.92 Å². The minimum atomic E-state index is -0.290. The highest BCUT2D eigenvalue weighted by Gasteiger charge is 2.18. The summed E-state index contributed by atoms with van der Waals surface area (Å²) in [5.74, 6) is 2.77. The number of H-pyrrole nitrogens is 1. The van der Waals surface area contributed by atoms with Gasteiger partial charge in [-0.05, 0) is 29.7 Å². The molecule has 0 aromatic carbocycles. The minimum absolute atomic E-state index is 0.222. The molecule has 3 nitrogen and oxygen atoms in total. The first kappa shape index (κ1) is 9.35. The van der Waals surface area contributed by atoms with E-state index >= 15 is 0 Å². The van der Waals surface area contributed by atoms with Crippen LogP contribution in [-0.2, 0) is 0 Å². The van der Waals surface area contributed by atoms with Crippen molar-refractivity contribution in [2.75, 3.05) is 11.5 Å². The number of nitrogens with zero attached hydrogens (tertiary/aromatic N) is 1. The highest BCUT2D eigenvalue weighted by molar-refractivity contribution is 7.99. The van der Waals surface area contributed by atoms with E-state index < -0.39 is 0 Å². The van der Waals surface area contributed by atoms with Crippen molar-refractivity contribution in [1.29, 1.82) is 5.26 Å². The van der Waals surface area contributed by atoms with Crippen molar-refractivity contribution in [3.8, 4) is 6.07 Å². The number of nitriles is 1. The molecule has 4 heteroatoms. The average molecular weight is 206 g/mol. The first-order valence-electron chi connectivity index (χ1n) is 4.51. The second-order valence-corrected chi connectivity index (χ2v) is 4.50. The monoisotopic (exact) mass is 206 g/mol. The van der Waals surface area contributed by atoms with Gasteiger partial charge in [-0.3, -0.25) is 4.79 Å². The molecule has 1 atom stereocenters.